The third kappa shape index (κ3) is 4.83. The first-order chi connectivity index (χ1) is 12.4. The molecule has 12 heteroatoms. The van der Waals surface area contributed by atoms with Gasteiger partial charge in [-0.2, -0.15) is 0 Å². The Kier molecular flexibility index (Phi) is 5.73. The van der Waals surface area contributed by atoms with Crippen molar-refractivity contribution in [3.8, 4) is 0 Å². The van der Waals surface area contributed by atoms with Crippen LogP contribution in [0.2, 0.25) is 0 Å². The second kappa shape index (κ2) is 8.19. The lowest BCUT2D eigenvalue weighted by Crippen LogP contribution is -2.39. The van der Waals surface area contributed by atoms with E-state index in [0.717, 1.165) is 16.8 Å². The molecule has 0 aliphatic carbocycles. The molecule has 0 aromatic carbocycles. The fraction of sp³-hybridized carbons (Fsp3) is 0.692. The Morgan fingerprint density at radius 2 is 2.20 bits per heavy atom. The molecule has 10 nitrogen and oxygen atoms in total. The molecule has 1 aliphatic heterocycles. The minimum Gasteiger partial charge on any atom is -0.394 e. The van der Waals surface area contributed by atoms with Crippen LogP contribution in [0.25, 0.3) is 0 Å². The number of hydrogen-bond donors (Lipinski definition) is 3. The molecule has 1 saturated heterocycles. The van der Waals surface area contributed by atoms with Gasteiger partial charge in [-0.3, -0.25) is 18.9 Å². The lowest BCUT2D eigenvalue weighted by atomic mass is 10.1. The number of hydrogen-bond acceptors (Lipinski definition) is 8. The van der Waals surface area contributed by atoms with Crippen molar-refractivity contribution in [3.05, 3.63) is 33.1 Å². The van der Waals surface area contributed by atoms with E-state index in [2.05, 4.69) is 0 Å². The molecule has 3 N–H and O–H groups in total. The van der Waals surface area contributed by atoms with Gasteiger partial charge in [0.05, 0.1) is 15.4 Å². The van der Waals surface area contributed by atoms with Gasteiger partial charge in [0.2, 0.25) is 0 Å². The van der Waals surface area contributed by atoms with Crippen molar-refractivity contribution < 1.29 is 31.3 Å². The van der Waals surface area contributed by atoms with E-state index in [1.54, 1.807) is 13.8 Å². The van der Waals surface area contributed by atoms with Crippen LogP contribution < -0.4 is 11.2 Å². The summed E-state index contributed by atoms with van der Waals surface area (Å²) in [5.41, 5.74) is -1.48. The number of aromatic amines is 1. The number of rotatable bonds is 7. The molecule has 5 atom stereocenters. The molecule has 2 rings (SSSR count). The van der Waals surface area contributed by atoms with E-state index in [0.29, 0.717) is 0 Å². The fourth-order valence-electron chi connectivity index (χ4n) is 2.41. The molecule has 1 fully saturated rings. The lowest BCUT2D eigenvalue weighted by Gasteiger charge is -2.27. The zero-order valence-electron chi connectivity index (χ0n) is 15.7. The van der Waals surface area contributed by atoms with E-state index in [4.69, 9.17) is 33.1 Å². The highest BCUT2D eigenvalue weighted by Gasteiger charge is 2.49. The summed E-state index contributed by atoms with van der Waals surface area (Å²) in [7, 11) is 1.24. The van der Waals surface area contributed by atoms with E-state index in [-0.39, 0.29) is 0 Å². The third-order valence-corrected chi connectivity index (χ3v) is 5.03. The van der Waals surface area contributed by atoms with Crippen LogP contribution in [-0.4, -0.2) is 57.6 Å². The molecule has 0 bridgehead atoms. The number of ether oxygens (including phenoxy) is 2. The van der Waals surface area contributed by atoms with Gasteiger partial charge in [-0.05, 0) is 25.7 Å². The highest BCUT2D eigenvalue weighted by molar-refractivity contribution is 8.07. The molecule has 25 heavy (non-hydrogen) atoms. The smallest absolute Gasteiger partial charge is 0.330 e. The second-order valence-corrected chi connectivity index (χ2v) is 8.23. The fourth-order valence-corrected chi connectivity index (χ4v) is 4.34. The first-order valence-corrected chi connectivity index (χ1v) is 9.86. The highest BCUT2D eigenvalue weighted by atomic mass is 32.5. The second-order valence-electron chi connectivity index (χ2n) is 5.49. The van der Waals surface area contributed by atoms with E-state index >= 15 is 0 Å². The average Bonchev–Trinajstić information content (AvgIpc) is 2.83. The summed E-state index contributed by atoms with van der Waals surface area (Å²) < 4.78 is 37.4. The van der Waals surface area contributed by atoms with Gasteiger partial charge in [0.15, 0.2) is 6.23 Å². The summed E-state index contributed by atoms with van der Waals surface area (Å²) in [6.07, 6.45) is -4.86. The van der Waals surface area contributed by atoms with E-state index in [9.17, 15) is 19.6 Å². The summed E-state index contributed by atoms with van der Waals surface area (Å²) >= 11 is 4.92. The summed E-state index contributed by atoms with van der Waals surface area (Å²) in [5, 5.41) is 9.84. The van der Waals surface area contributed by atoms with Crippen molar-refractivity contribution >= 4 is 18.5 Å². The normalized spacial score (nSPS) is 30.8. The number of aromatic nitrogens is 2. The first-order valence-electron chi connectivity index (χ1n) is 8.27. The standard InChI is InChI=1S/C13H21N2O8PS/c1-7(2)22-24(19,25)23-10-8(6-16)21-12(11(10)20-3)15-5-4-9(17)14-13(15)18/h4-5,7-8,10-12,16H,6H2,1-3H3,(H,19,25)(H,14,17,18)/t8-,10?,11+,12-,24?/m1/s1/i6D2. The zero-order chi connectivity index (χ0) is 20.6. The van der Waals surface area contributed by atoms with Gasteiger partial charge < -0.3 is 24.0 Å². The van der Waals surface area contributed by atoms with Gasteiger partial charge >= 0.3 is 12.4 Å². The maximum absolute atomic E-state index is 12.1. The van der Waals surface area contributed by atoms with Crippen LogP contribution in [0.1, 0.15) is 22.8 Å². The molecule has 2 heterocycles. The quantitative estimate of drug-likeness (QED) is 0.519. The molecule has 0 radical (unpaired) electrons. The molecule has 0 saturated carbocycles. The van der Waals surface area contributed by atoms with Gasteiger partial charge in [-0.15, -0.1) is 0 Å². The first kappa shape index (κ1) is 17.5. The average molecular weight is 398 g/mol. The van der Waals surface area contributed by atoms with Crippen LogP contribution >= 0.6 is 6.72 Å². The molecule has 142 valence electrons. The van der Waals surface area contributed by atoms with Crippen LogP contribution in [0.15, 0.2) is 21.9 Å². The third-order valence-electron chi connectivity index (χ3n) is 3.31. The summed E-state index contributed by atoms with van der Waals surface area (Å²) in [6, 6.07) is 1.06. The number of nitrogens with zero attached hydrogens (tertiary/aromatic N) is 1. The Balaban J connectivity index is 2.44. The molecule has 2 unspecified atom stereocenters. The molecule has 1 aromatic rings. The Labute approximate surface area is 151 Å². The maximum Gasteiger partial charge on any atom is 0.330 e. The monoisotopic (exact) mass is 398 g/mol. The van der Waals surface area contributed by atoms with Crippen molar-refractivity contribution in [1.29, 1.82) is 0 Å². The van der Waals surface area contributed by atoms with Gasteiger partial charge in [0.1, 0.15) is 18.3 Å². The predicted molar refractivity (Wildman–Crippen MR) is 90.7 cm³/mol. The Hall–Kier alpha value is -0.910. The Morgan fingerprint density at radius 1 is 1.52 bits per heavy atom. The van der Waals surface area contributed by atoms with Crippen molar-refractivity contribution in [2.24, 2.45) is 0 Å². The maximum atomic E-state index is 12.1. The van der Waals surface area contributed by atoms with Crippen LogP contribution in [0.3, 0.4) is 0 Å². The van der Waals surface area contributed by atoms with Crippen molar-refractivity contribution in [3.63, 3.8) is 0 Å². The minimum absolute atomic E-state index is 0.480. The molecule has 1 aliphatic rings. The Morgan fingerprint density at radius 3 is 2.72 bits per heavy atom. The molecule has 0 spiro atoms. The molecular weight excluding hydrogens is 375 g/mol. The predicted octanol–water partition coefficient (Wildman–Crippen LogP) is -0.532. The number of H-pyrrole nitrogens is 1. The van der Waals surface area contributed by atoms with E-state index in [1.165, 1.54) is 7.11 Å². The van der Waals surface area contributed by atoms with Gasteiger partial charge in [0, 0.05) is 19.4 Å². The van der Waals surface area contributed by atoms with Crippen LogP contribution in [-0.2, 0) is 30.3 Å². The van der Waals surface area contributed by atoms with Gasteiger partial charge in [0.25, 0.3) is 5.56 Å². The van der Waals surface area contributed by atoms with Gasteiger partial charge in [-0.25, -0.2) is 4.79 Å². The van der Waals surface area contributed by atoms with Crippen LogP contribution in [0.4, 0.5) is 0 Å². The van der Waals surface area contributed by atoms with Crippen molar-refractivity contribution in [1.82, 2.24) is 9.55 Å². The summed E-state index contributed by atoms with van der Waals surface area (Å²) in [5.74, 6) is 0. The number of methoxy groups -OCH3 is 1. The highest BCUT2D eigenvalue weighted by Crippen LogP contribution is 2.49. The summed E-state index contributed by atoms with van der Waals surface area (Å²) in [6.45, 7) is -3.53. The lowest BCUT2D eigenvalue weighted by molar-refractivity contribution is -0.0625. The topological polar surface area (TPSA) is 132 Å². The van der Waals surface area contributed by atoms with E-state index < -0.39 is 55.2 Å². The van der Waals surface area contributed by atoms with Crippen LogP contribution in [0.5, 0.6) is 0 Å². The van der Waals surface area contributed by atoms with E-state index in [1.807, 2.05) is 4.98 Å². The van der Waals surface area contributed by atoms with Crippen molar-refractivity contribution in [2.75, 3.05) is 13.7 Å². The zero-order valence-corrected chi connectivity index (χ0v) is 15.4. The van der Waals surface area contributed by atoms with Crippen molar-refractivity contribution in [2.45, 2.75) is 44.5 Å². The Bertz CT molecular complexity index is 826. The largest absolute Gasteiger partial charge is 0.394 e. The number of nitrogens with one attached hydrogen (secondary N) is 1. The SMILES string of the molecule is [2H]C([2H])(O)[C@H]1O[C@@H](n2ccc(=O)[nH]c2=O)[C@@H](OC)C1OP(O)(=S)OC(C)C. The van der Waals surface area contributed by atoms with Crippen LogP contribution in [0, 0.1) is 0 Å². The summed E-state index contributed by atoms with van der Waals surface area (Å²) in [4.78, 5) is 35.6. The molecule has 1 aromatic heterocycles. The number of aliphatic hydroxyl groups is 1. The minimum atomic E-state index is -3.84. The molecular formula is C13H21N2O8PS. The molecule has 0 amide bonds. The van der Waals surface area contributed by atoms with Gasteiger partial charge in [-0.1, -0.05) is 0 Å².